The second-order valence-corrected chi connectivity index (χ2v) is 5.91. The van der Waals surface area contributed by atoms with E-state index in [2.05, 4.69) is 4.98 Å². The Morgan fingerprint density at radius 3 is 2.39 bits per heavy atom. The zero-order chi connectivity index (χ0) is 13.3. The molecule has 1 saturated carbocycles. The second-order valence-electron chi connectivity index (χ2n) is 5.91. The second kappa shape index (κ2) is 4.67. The van der Waals surface area contributed by atoms with Crippen LogP contribution in [0.3, 0.4) is 0 Å². The lowest BCUT2D eigenvalue weighted by Gasteiger charge is -2.25. The summed E-state index contributed by atoms with van der Waals surface area (Å²) in [7, 11) is 3.97. The summed E-state index contributed by atoms with van der Waals surface area (Å²) in [5, 5.41) is 0. The molecule has 0 saturated heterocycles. The van der Waals surface area contributed by atoms with Gasteiger partial charge in [0, 0.05) is 14.1 Å². The van der Waals surface area contributed by atoms with Crippen LogP contribution in [-0.4, -0.2) is 30.8 Å². The molecular formula is C14H22N2O2. The minimum Gasteiger partial charge on any atom is -0.484 e. The topological polar surface area (TPSA) is 34.6 Å². The molecule has 0 unspecified atom stereocenters. The number of nitrogens with zero attached hydrogens (tertiary/aromatic N) is 2. The minimum absolute atomic E-state index is 0.256. The standard InChI is InChI=1S/C14H22N2O2/c1-14(2,3)18-12-9-15-8-11(16(4)5)13(12)17-10-6-7-10/h8-10H,6-7H2,1-5H3. The van der Waals surface area contributed by atoms with Gasteiger partial charge in [0.05, 0.1) is 18.5 Å². The van der Waals surface area contributed by atoms with Gasteiger partial charge in [-0.2, -0.15) is 0 Å². The van der Waals surface area contributed by atoms with Crippen molar-refractivity contribution in [3.05, 3.63) is 12.4 Å². The molecule has 4 nitrogen and oxygen atoms in total. The van der Waals surface area contributed by atoms with Crippen LogP contribution in [0.25, 0.3) is 0 Å². The molecule has 0 aromatic carbocycles. The first-order valence-electron chi connectivity index (χ1n) is 6.38. The molecule has 18 heavy (non-hydrogen) atoms. The van der Waals surface area contributed by atoms with Crippen molar-refractivity contribution in [3.63, 3.8) is 0 Å². The van der Waals surface area contributed by atoms with Gasteiger partial charge in [0.1, 0.15) is 11.3 Å². The fourth-order valence-electron chi connectivity index (χ4n) is 1.61. The SMILES string of the molecule is CN(C)c1cncc(OC(C)(C)C)c1OC1CC1. The van der Waals surface area contributed by atoms with Gasteiger partial charge in [-0.05, 0) is 33.6 Å². The highest BCUT2D eigenvalue weighted by Crippen LogP contribution is 2.41. The summed E-state index contributed by atoms with van der Waals surface area (Å²) < 4.78 is 11.9. The number of ether oxygens (including phenoxy) is 2. The lowest BCUT2D eigenvalue weighted by molar-refractivity contribution is 0.122. The summed E-state index contributed by atoms with van der Waals surface area (Å²) in [6.07, 6.45) is 6.14. The Hall–Kier alpha value is -1.45. The number of anilines is 1. The molecule has 0 atom stereocenters. The van der Waals surface area contributed by atoms with Crippen LogP contribution in [-0.2, 0) is 0 Å². The Kier molecular flexibility index (Phi) is 3.37. The molecule has 100 valence electrons. The highest BCUT2D eigenvalue weighted by atomic mass is 16.5. The first-order valence-corrected chi connectivity index (χ1v) is 6.38. The highest BCUT2D eigenvalue weighted by molar-refractivity contribution is 5.62. The number of rotatable bonds is 4. The van der Waals surface area contributed by atoms with Crippen molar-refractivity contribution in [1.82, 2.24) is 4.98 Å². The maximum atomic E-state index is 5.99. The Balaban J connectivity index is 2.33. The fourth-order valence-corrected chi connectivity index (χ4v) is 1.61. The van der Waals surface area contributed by atoms with E-state index in [9.17, 15) is 0 Å². The minimum atomic E-state index is -0.256. The molecule has 1 aromatic rings. The molecule has 1 heterocycles. The zero-order valence-corrected chi connectivity index (χ0v) is 11.9. The van der Waals surface area contributed by atoms with Crippen molar-refractivity contribution < 1.29 is 9.47 Å². The third kappa shape index (κ3) is 3.28. The number of pyridine rings is 1. The summed E-state index contributed by atoms with van der Waals surface area (Å²) in [5.74, 6) is 1.54. The van der Waals surface area contributed by atoms with Crippen molar-refractivity contribution in [1.29, 1.82) is 0 Å². The number of aromatic nitrogens is 1. The van der Waals surface area contributed by atoms with Gasteiger partial charge in [0.2, 0.25) is 0 Å². The van der Waals surface area contributed by atoms with E-state index < -0.39 is 0 Å². The molecular weight excluding hydrogens is 228 g/mol. The van der Waals surface area contributed by atoms with Crippen molar-refractivity contribution in [2.24, 2.45) is 0 Å². The summed E-state index contributed by atoms with van der Waals surface area (Å²) in [6, 6.07) is 0. The molecule has 0 aliphatic heterocycles. The Labute approximate surface area is 109 Å². The lowest BCUT2D eigenvalue weighted by atomic mass is 10.2. The van der Waals surface area contributed by atoms with Gasteiger partial charge in [-0.25, -0.2) is 0 Å². The van der Waals surface area contributed by atoms with Crippen molar-refractivity contribution >= 4 is 5.69 Å². The molecule has 1 aliphatic rings. The predicted molar refractivity (Wildman–Crippen MR) is 72.6 cm³/mol. The summed E-state index contributed by atoms with van der Waals surface area (Å²) in [6.45, 7) is 6.07. The number of hydrogen-bond acceptors (Lipinski definition) is 4. The molecule has 1 aliphatic carbocycles. The third-order valence-electron chi connectivity index (χ3n) is 2.55. The molecule has 0 N–H and O–H groups in total. The van der Waals surface area contributed by atoms with Crippen molar-refractivity contribution in [3.8, 4) is 11.5 Å². The Morgan fingerprint density at radius 1 is 1.22 bits per heavy atom. The maximum Gasteiger partial charge on any atom is 0.188 e. The molecule has 1 aromatic heterocycles. The lowest BCUT2D eigenvalue weighted by Crippen LogP contribution is -2.24. The number of hydrogen-bond donors (Lipinski definition) is 0. The molecule has 0 spiro atoms. The Bertz CT molecular complexity index is 420. The molecule has 0 bridgehead atoms. The van der Waals surface area contributed by atoms with E-state index in [0.717, 1.165) is 30.0 Å². The monoisotopic (exact) mass is 250 g/mol. The largest absolute Gasteiger partial charge is 0.484 e. The average molecular weight is 250 g/mol. The Morgan fingerprint density at radius 2 is 1.89 bits per heavy atom. The normalized spacial score (nSPS) is 15.4. The predicted octanol–water partition coefficient (Wildman–Crippen LogP) is 2.87. The van der Waals surface area contributed by atoms with E-state index >= 15 is 0 Å². The van der Waals surface area contributed by atoms with Crippen LogP contribution in [0.5, 0.6) is 11.5 Å². The van der Waals surface area contributed by atoms with E-state index in [1.54, 1.807) is 6.20 Å². The van der Waals surface area contributed by atoms with E-state index in [1.807, 2.05) is 46.0 Å². The third-order valence-corrected chi connectivity index (χ3v) is 2.55. The quantitative estimate of drug-likeness (QED) is 0.823. The van der Waals surface area contributed by atoms with Gasteiger partial charge in [0.15, 0.2) is 11.5 Å². The zero-order valence-electron chi connectivity index (χ0n) is 11.9. The smallest absolute Gasteiger partial charge is 0.188 e. The van der Waals surface area contributed by atoms with Gasteiger partial charge < -0.3 is 14.4 Å². The van der Waals surface area contributed by atoms with Crippen LogP contribution in [0.2, 0.25) is 0 Å². The first kappa shape index (κ1) is 13.0. The summed E-state index contributed by atoms with van der Waals surface area (Å²) in [5.41, 5.74) is 0.706. The van der Waals surface area contributed by atoms with Crippen LogP contribution >= 0.6 is 0 Å². The van der Waals surface area contributed by atoms with Crippen LogP contribution < -0.4 is 14.4 Å². The van der Waals surface area contributed by atoms with Crippen molar-refractivity contribution in [2.45, 2.75) is 45.3 Å². The van der Waals surface area contributed by atoms with Gasteiger partial charge >= 0.3 is 0 Å². The molecule has 0 radical (unpaired) electrons. The fraction of sp³-hybridized carbons (Fsp3) is 0.643. The van der Waals surface area contributed by atoms with Gasteiger partial charge in [-0.15, -0.1) is 0 Å². The van der Waals surface area contributed by atoms with Crippen molar-refractivity contribution in [2.75, 3.05) is 19.0 Å². The van der Waals surface area contributed by atoms with Crippen LogP contribution in [0.1, 0.15) is 33.6 Å². The molecule has 0 amide bonds. The van der Waals surface area contributed by atoms with Crippen LogP contribution in [0, 0.1) is 0 Å². The van der Waals surface area contributed by atoms with Crippen LogP contribution in [0.15, 0.2) is 12.4 Å². The van der Waals surface area contributed by atoms with Gasteiger partial charge in [-0.1, -0.05) is 0 Å². The summed E-state index contributed by atoms with van der Waals surface area (Å²) >= 11 is 0. The maximum absolute atomic E-state index is 5.99. The van der Waals surface area contributed by atoms with E-state index in [0.29, 0.717) is 6.10 Å². The van der Waals surface area contributed by atoms with Crippen LogP contribution in [0.4, 0.5) is 5.69 Å². The summed E-state index contributed by atoms with van der Waals surface area (Å²) in [4.78, 5) is 6.23. The van der Waals surface area contributed by atoms with E-state index in [-0.39, 0.29) is 5.60 Å². The molecule has 1 fully saturated rings. The highest BCUT2D eigenvalue weighted by Gasteiger charge is 2.28. The van der Waals surface area contributed by atoms with Gasteiger partial charge in [0.25, 0.3) is 0 Å². The van der Waals surface area contributed by atoms with Gasteiger partial charge in [-0.3, -0.25) is 4.98 Å². The molecule has 2 rings (SSSR count). The van der Waals surface area contributed by atoms with E-state index in [4.69, 9.17) is 9.47 Å². The average Bonchev–Trinajstić information content (AvgIpc) is 3.01. The first-order chi connectivity index (χ1) is 8.37. The molecule has 4 heteroatoms. The van der Waals surface area contributed by atoms with E-state index in [1.165, 1.54) is 0 Å².